The molecular formula is C10H9ClN2O2S. The maximum atomic E-state index is 11.4. The molecule has 0 saturated heterocycles. The van der Waals surface area contributed by atoms with E-state index in [-0.39, 0.29) is 5.82 Å². The molecule has 84 valence electrons. The Kier molecular flexibility index (Phi) is 3.26. The fraction of sp³-hybridized carbons (Fsp3) is 0.200. The number of nitrogens with zero attached hydrogens (tertiary/aromatic N) is 1. The standard InChI is InChI=1S/C10H9ClN2O2S/c1-2-15-10(14)9-12-5-6(13-9)7-3-4-8(11)16-7/h3-5H,2H2,1H3,(H,12,13). The summed E-state index contributed by atoms with van der Waals surface area (Å²) in [6, 6.07) is 3.67. The summed E-state index contributed by atoms with van der Waals surface area (Å²) in [6.45, 7) is 2.08. The SMILES string of the molecule is CCOC(=O)c1ncc(-c2ccc(Cl)s2)[nH]1. The number of hydrogen-bond donors (Lipinski definition) is 1. The smallest absolute Gasteiger partial charge is 0.374 e. The first kappa shape index (κ1) is 11.2. The van der Waals surface area contributed by atoms with Gasteiger partial charge in [-0.2, -0.15) is 0 Å². The number of hydrogen-bond acceptors (Lipinski definition) is 4. The van der Waals surface area contributed by atoms with Crippen molar-refractivity contribution in [2.24, 2.45) is 0 Å². The maximum absolute atomic E-state index is 11.4. The zero-order valence-corrected chi connectivity index (χ0v) is 10.1. The number of imidazole rings is 1. The van der Waals surface area contributed by atoms with E-state index in [1.54, 1.807) is 19.2 Å². The van der Waals surface area contributed by atoms with Gasteiger partial charge in [-0.3, -0.25) is 0 Å². The summed E-state index contributed by atoms with van der Waals surface area (Å²) in [4.78, 5) is 19.1. The van der Waals surface area contributed by atoms with E-state index in [1.807, 2.05) is 6.07 Å². The third-order valence-corrected chi connectivity index (χ3v) is 3.15. The minimum absolute atomic E-state index is 0.210. The molecule has 0 aromatic carbocycles. The minimum atomic E-state index is -0.448. The Balaban J connectivity index is 2.22. The van der Waals surface area contributed by atoms with E-state index in [0.717, 1.165) is 10.6 Å². The number of halogens is 1. The molecule has 0 unspecified atom stereocenters. The van der Waals surface area contributed by atoms with Gasteiger partial charge in [-0.1, -0.05) is 11.6 Å². The molecule has 0 fully saturated rings. The number of nitrogens with one attached hydrogen (secondary N) is 1. The Morgan fingerprint density at radius 1 is 1.62 bits per heavy atom. The number of ether oxygens (including phenoxy) is 1. The highest BCUT2D eigenvalue weighted by Gasteiger charge is 2.12. The summed E-state index contributed by atoms with van der Waals surface area (Å²) in [7, 11) is 0. The van der Waals surface area contributed by atoms with Crippen LogP contribution in [0, 0.1) is 0 Å². The highest BCUT2D eigenvalue weighted by molar-refractivity contribution is 7.19. The average molecular weight is 257 g/mol. The fourth-order valence-electron chi connectivity index (χ4n) is 1.21. The summed E-state index contributed by atoms with van der Waals surface area (Å²) in [6.07, 6.45) is 1.59. The van der Waals surface area contributed by atoms with E-state index in [1.165, 1.54) is 11.3 Å². The lowest BCUT2D eigenvalue weighted by Crippen LogP contribution is -2.06. The minimum Gasteiger partial charge on any atom is -0.460 e. The molecule has 6 heteroatoms. The molecule has 0 bridgehead atoms. The van der Waals surface area contributed by atoms with E-state index in [4.69, 9.17) is 16.3 Å². The van der Waals surface area contributed by atoms with Gasteiger partial charge in [0.2, 0.25) is 5.82 Å². The average Bonchev–Trinajstić information content (AvgIpc) is 2.85. The van der Waals surface area contributed by atoms with Crippen LogP contribution in [0.25, 0.3) is 10.6 Å². The zero-order chi connectivity index (χ0) is 11.5. The summed E-state index contributed by atoms with van der Waals surface area (Å²) < 4.78 is 5.52. The second-order valence-corrected chi connectivity index (χ2v) is 4.68. The van der Waals surface area contributed by atoms with Crippen molar-refractivity contribution in [2.75, 3.05) is 6.61 Å². The van der Waals surface area contributed by atoms with Crippen molar-refractivity contribution in [1.29, 1.82) is 0 Å². The Bertz CT molecular complexity index is 506. The van der Waals surface area contributed by atoms with E-state index < -0.39 is 5.97 Å². The van der Waals surface area contributed by atoms with E-state index in [9.17, 15) is 4.79 Å². The third-order valence-electron chi connectivity index (χ3n) is 1.88. The molecule has 0 spiro atoms. The topological polar surface area (TPSA) is 55.0 Å². The lowest BCUT2D eigenvalue weighted by molar-refractivity contribution is 0.0513. The second-order valence-electron chi connectivity index (χ2n) is 2.97. The monoisotopic (exact) mass is 256 g/mol. The van der Waals surface area contributed by atoms with Crippen LogP contribution in [0.3, 0.4) is 0 Å². The van der Waals surface area contributed by atoms with Crippen LogP contribution in [0.4, 0.5) is 0 Å². The van der Waals surface area contributed by atoms with Crippen molar-refractivity contribution in [3.8, 4) is 10.6 Å². The number of rotatable bonds is 3. The summed E-state index contributed by atoms with van der Waals surface area (Å²) in [5.74, 6) is -0.238. The Morgan fingerprint density at radius 2 is 2.44 bits per heavy atom. The van der Waals surface area contributed by atoms with E-state index in [0.29, 0.717) is 10.9 Å². The molecule has 2 aromatic heterocycles. The normalized spacial score (nSPS) is 10.4. The zero-order valence-electron chi connectivity index (χ0n) is 8.49. The summed E-state index contributed by atoms with van der Waals surface area (Å²) >= 11 is 7.24. The van der Waals surface area contributed by atoms with Gasteiger partial charge in [0.1, 0.15) is 0 Å². The van der Waals surface area contributed by atoms with Gasteiger partial charge < -0.3 is 9.72 Å². The number of H-pyrrole nitrogens is 1. The number of carbonyl (C=O) groups is 1. The molecule has 0 saturated carbocycles. The van der Waals surface area contributed by atoms with Crippen LogP contribution < -0.4 is 0 Å². The summed E-state index contributed by atoms with van der Waals surface area (Å²) in [5.41, 5.74) is 0.764. The van der Waals surface area contributed by atoms with Crippen molar-refractivity contribution in [1.82, 2.24) is 9.97 Å². The van der Waals surface area contributed by atoms with Crippen molar-refractivity contribution in [3.05, 3.63) is 28.5 Å². The Labute approximate surface area is 101 Å². The van der Waals surface area contributed by atoms with E-state index >= 15 is 0 Å². The number of aromatic nitrogens is 2. The molecule has 0 atom stereocenters. The number of aromatic amines is 1. The van der Waals surface area contributed by atoms with Crippen LogP contribution in [-0.4, -0.2) is 22.5 Å². The number of carbonyl (C=O) groups excluding carboxylic acids is 1. The van der Waals surface area contributed by atoms with Crippen molar-refractivity contribution in [3.63, 3.8) is 0 Å². The Morgan fingerprint density at radius 3 is 3.06 bits per heavy atom. The number of esters is 1. The van der Waals surface area contributed by atoms with Gasteiger partial charge in [-0.25, -0.2) is 9.78 Å². The molecule has 1 N–H and O–H groups in total. The fourth-order valence-corrected chi connectivity index (χ4v) is 2.22. The van der Waals surface area contributed by atoms with Crippen LogP contribution in [0.15, 0.2) is 18.3 Å². The van der Waals surface area contributed by atoms with Crippen LogP contribution in [-0.2, 0) is 4.74 Å². The van der Waals surface area contributed by atoms with Crippen molar-refractivity contribution in [2.45, 2.75) is 6.92 Å². The molecule has 0 aliphatic carbocycles. The first-order chi connectivity index (χ1) is 7.70. The van der Waals surface area contributed by atoms with Gasteiger partial charge >= 0.3 is 5.97 Å². The maximum Gasteiger partial charge on any atom is 0.374 e. The van der Waals surface area contributed by atoms with Gasteiger partial charge in [0.05, 0.1) is 27.7 Å². The molecule has 0 aliphatic rings. The number of thiophene rings is 1. The predicted octanol–water partition coefficient (Wildman–Crippen LogP) is 2.97. The van der Waals surface area contributed by atoms with E-state index in [2.05, 4.69) is 9.97 Å². The summed E-state index contributed by atoms with van der Waals surface area (Å²) in [5, 5.41) is 0. The van der Waals surface area contributed by atoms with Crippen LogP contribution in [0.1, 0.15) is 17.5 Å². The first-order valence-electron chi connectivity index (χ1n) is 4.68. The first-order valence-corrected chi connectivity index (χ1v) is 5.88. The van der Waals surface area contributed by atoms with Gasteiger partial charge in [0.15, 0.2) is 0 Å². The lowest BCUT2D eigenvalue weighted by Gasteiger charge is -1.96. The van der Waals surface area contributed by atoms with Crippen molar-refractivity contribution < 1.29 is 9.53 Å². The second kappa shape index (κ2) is 4.67. The highest BCUT2D eigenvalue weighted by atomic mass is 35.5. The van der Waals surface area contributed by atoms with Crippen molar-refractivity contribution >= 4 is 28.9 Å². The highest BCUT2D eigenvalue weighted by Crippen LogP contribution is 2.29. The molecule has 0 radical (unpaired) electrons. The van der Waals surface area contributed by atoms with Gasteiger partial charge in [-0.05, 0) is 19.1 Å². The molecule has 4 nitrogen and oxygen atoms in total. The van der Waals surface area contributed by atoms with Crippen LogP contribution in [0.5, 0.6) is 0 Å². The largest absolute Gasteiger partial charge is 0.460 e. The van der Waals surface area contributed by atoms with Gasteiger partial charge in [0, 0.05) is 0 Å². The lowest BCUT2D eigenvalue weighted by atomic mass is 10.4. The molecule has 2 aromatic rings. The predicted molar refractivity (Wildman–Crippen MR) is 62.9 cm³/mol. The molecular weight excluding hydrogens is 248 g/mol. The third kappa shape index (κ3) is 2.25. The Hall–Kier alpha value is -1.33. The molecule has 0 amide bonds. The molecule has 16 heavy (non-hydrogen) atoms. The quantitative estimate of drug-likeness (QED) is 0.859. The molecule has 2 heterocycles. The molecule has 2 rings (SSSR count). The van der Waals surface area contributed by atoms with Gasteiger partial charge in [-0.15, -0.1) is 11.3 Å². The van der Waals surface area contributed by atoms with Crippen LogP contribution >= 0.6 is 22.9 Å². The van der Waals surface area contributed by atoms with Gasteiger partial charge in [0.25, 0.3) is 0 Å². The molecule has 0 aliphatic heterocycles. The van der Waals surface area contributed by atoms with Crippen LogP contribution in [0.2, 0.25) is 4.34 Å².